The number of ether oxygens (including phenoxy) is 2. The van der Waals surface area contributed by atoms with Crippen LogP contribution in [0.3, 0.4) is 0 Å². The Morgan fingerprint density at radius 2 is 1.88 bits per heavy atom. The maximum absolute atomic E-state index is 11.9. The van der Waals surface area contributed by atoms with E-state index in [1.54, 1.807) is 31.2 Å². The minimum atomic E-state index is -0.434. The Labute approximate surface area is 194 Å². The van der Waals surface area contributed by atoms with Crippen LogP contribution in [-0.4, -0.2) is 30.3 Å². The van der Waals surface area contributed by atoms with Crippen molar-refractivity contribution in [3.05, 3.63) is 63.5 Å². The number of nitrogens with one attached hydrogen (secondary N) is 1. The fraction of sp³-hybridized carbons (Fsp3) is 0.208. The molecule has 0 spiro atoms. The number of hydrogen-bond donors (Lipinski definition) is 2. The predicted octanol–water partition coefficient (Wildman–Crippen LogP) is 4.91. The summed E-state index contributed by atoms with van der Waals surface area (Å²) < 4.78 is 16.2. The molecule has 4 rings (SSSR count). The number of aromatic nitrogens is 1. The van der Waals surface area contributed by atoms with Gasteiger partial charge in [-0.25, -0.2) is 9.78 Å². The van der Waals surface area contributed by atoms with Crippen LogP contribution in [0.2, 0.25) is 0 Å². The molecule has 8 nitrogen and oxygen atoms in total. The van der Waals surface area contributed by atoms with E-state index in [4.69, 9.17) is 13.9 Å². The molecule has 9 heteroatoms. The third kappa shape index (κ3) is 4.40. The molecule has 0 aliphatic heterocycles. The fourth-order valence-electron chi connectivity index (χ4n) is 3.32. The zero-order chi connectivity index (χ0) is 23.7. The molecule has 2 N–H and O–H groups in total. The van der Waals surface area contributed by atoms with E-state index in [2.05, 4.69) is 15.5 Å². The van der Waals surface area contributed by atoms with Gasteiger partial charge in [0.2, 0.25) is 5.13 Å². The first-order valence-electron chi connectivity index (χ1n) is 10.1. The van der Waals surface area contributed by atoms with Crippen LogP contribution in [0.25, 0.3) is 22.3 Å². The van der Waals surface area contributed by atoms with E-state index >= 15 is 0 Å². The summed E-state index contributed by atoms with van der Waals surface area (Å²) in [5.41, 5.74) is 7.10. The van der Waals surface area contributed by atoms with Crippen LogP contribution >= 0.6 is 11.3 Å². The number of anilines is 1. The van der Waals surface area contributed by atoms with Crippen LogP contribution in [0.4, 0.5) is 5.13 Å². The molecule has 4 aromatic rings. The topological polar surface area (TPSA) is 106 Å². The van der Waals surface area contributed by atoms with Crippen molar-refractivity contribution < 1.29 is 23.8 Å². The lowest BCUT2D eigenvalue weighted by atomic mass is 10.1. The van der Waals surface area contributed by atoms with E-state index in [0.717, 1.165) is 22.1 Å². The SMILES string of the molecule is COC(=O)c1sc(NN=c2cc(-c3ccc(O)c(OC)c3)oc3cc(C)c(C)cc23)nc1C. The Bertz CT molecular complexity index is 1440. The maximum Gasteiger partial charge on any atom is 0.350 e. The van der Waals surface area contributed by atoms with Gasteiger partial charge in [0.1, 0.15) is 16.2 Å². The van der Waals surface area contributed by atoms with Gasteiger partial charge >= 0.3 is 5.97 Å². The number of phenols is 1. The standard InChI is InChI=1S/C24H23N3O5S/c1-12-8-16-17(26-27-24-25-14(3)22(33-24)23(29)31-5)11-19(32-20(16)9-13(12)2)15-6-7-18(28)21(10-15)30-4/h6-11,28H,1-5H3,(H,25,27). The number of methoxy groups -OCH3 is 2. The van der Waals surface area contributed by atoms with E-state index < -0.39 is 5.97 Å². The second-order valence-corrected chi connectivity index (χ2v) is 8.46. The van der Waals surface area contributed by atoms with Crippen LogP contribution in [0.1, 0.15) is 26.5 Å². The van der Waals surface area contributed by atoms with Crippen molar-refractivity contribution in [2.45, 2.75) is 20.8 Å². The van der Waals surface area contributed by atoms with Crippen molar-refractivity contribution >= 4 is 33.4 Å². The zero-order valence-corrected chi connectivity index (χ0v) is 19.7. The Morgan fingerprint density at radius 3 is 2.61 bits per heavy atom. The molecule has 2 aromatic heterocycles. The quantitative estimate of drug-likeness (QED) is 0.319. The number of aryl methyl sites for hydroxylation is 3. The summed E-state index contributed by atoms with van der Waals surface area (Å²) in [4.78, 5) is 16.7. The largest absolute Gasteiger partial charge is 0.504 e. The lowest BCUT2D eigenvalue weighted by Gasteiger charge is -2.09. The third-order valence-electron chi connectivity index (χ3n) is 5.26. The van der Waals surface area contributed by atoms with Gasteiger partial charge in [0.25, 0.3) is 0 Å². The van der Waals surface area contributed by atoms with Gasteiger partial charge in [-0.05, 0) is 62.2 Å². The molecule has 2 aromatic carbocycles. The van der Waals surface area contributed by atoms with Crippen molar-refractivity contribution in [2.75, 3.05) is 19.6 Å². The van der Waals surface area contributed by atoms with Crippen LogP contribution in [0.5, 0.6) is 11.5 Å². The average Bonchev–Trinajstić information content (AvgIpc) is 3.18. The number of carbonyl (C=O) groups excluding carboxylic acids is 1. The van der Waals surface area contributed by atoms with E-state index in [-0.39, 0.29) is 5.75 Å². The number of phenolic OH excluding ortho intramolecular Hbond substituents is 1. The highest BCUT2D eigenvalue weighted by atomic mass is 32.1. The number of benzene rings is 2. The summed E-state index contributed by atoms with van der Waals surface area (Å²) in [7, 11) is 2.83. The lowest BCUT2D eigenvalue weighted by molar-refractivity contribution is 0.0605. The third-order valence-corrected chi connectivity index (χ3v) is 6.31. The number of fused-ring (bicyclic) bond motifs is 1. The Hall–Kier alpha value is -3.85. The Kier molecular flexibility index (Phi) is 6.06. The highest BCUT2D eigenvalue weighted by Crippen LogP contribution is 2.32. The first kappa shape index (κ1) is 22.3. The van der Waals surface area contributed by atoms with Gasteiger partial charge in [-0.2, -0.15) is 5.10 Å². The molecule has 0 aliphatic rings. The minimum Gasteiger partial charge on any atom is -0.504 e. The van der Waals surface area contributed by atoms with Crippen molar-refractivity contribution in [2.24, 2.45) is 5.10 Å². The van der Waals surface area contributed by atoms with Gasteiger partial charge in [-0.15, -0.1) is 0 Å². The highest BCUT2D eigenvalue weighted by Gasteiger charge is 2.16. The second kappa shape index (κ2) is 8.95. The monoisotopic (exact) mass is 465 g/mol. The van der Waals surface area contributed by atoms with E-state index in [1.165, 1.54) is 25.6 Å². The van der Waals surface area contributed by atoms with Gasteiger partial charge in [0.05, 0.1) is 25.3 Å². The molecule has 33 heavy (non-hydrogen) atoms. The van der Waals surface area contributed by atoms with E-state index in [9.17, 15) is 9.90 Å². The van der Waals surface area contributed by atoms with Crippen LogP contribution < -0.4 is 15.5 Å². The van der Waals surface area contributed by atoms with Crippen molar-refractivity contribution in [1.29, 1.82) is 0 Å². The highest BCUT2D eigenvalue weighted by molar-refractivity contribution is 7.17. The summed E-state index contributed by atoms with van der Waals surface area (Å²) in [6.07, 6.45) is 0. The predicted molar refractivity (Wildman–Crippen MR) is 127 cm³/mol. The summed E-state index contributed by atoms with van der Waals surface area (Å²) in [6.45, 7) is 5.78. The number of thiazole rings is 1. The minimum absolute atomic E-state index is 0.0423. The zero-order valence-electron chi connectivity index (χ0n) is 18.8. The summed E-state index contributed by atoms with van der Waals surface area (Å²) in [5.74, 6) is 0.501. The number of carbonyl (C=O) groups is 1. The molecule has 0 radical (unpaired) electrons. The molecule has 0 saturated heterocycles. The van der Waals surface area contributed by atoms with Crippen LogP contribution in [0, 0.1) is 20.8 Å². The molecular weight excluding hydrogens is 442 g/mol. The molecule has 0 atom stereocenters. The van der Waals surface area contributed by atoms with Crippen LogP contribution in [-0.2, 0) is 4.74 Å². The van der Waals surface area contributed by atoms with Gasteiger partial charge in [0.15, 0.2) is 11.5 Å². The number of hydrogen-bond acceptors (Lipinski definition) is 9. The first-order chi connectivity index (χ1) is 15.8. The normalized spacial score (nSPS) is 11.6. The molecule has 0 saturated carbocycles. The lowest BCUT2D eigenvalue weighted by Crippen LogP contribution is -2.08. The maximum atomic E-state index is 11.9. The summed E-state index contributed by atoms with van der Waals surface area (Å²) in [6, 6.07) is 10.8. The molecule has 0 fully saturated rings. The molecular formula is C24H23N3O5S. The second-order valence-electron chi connectivity index (χ2n) is 7.46. The number of rotatable bonds is 5. The fourth-order valence-corrected chi connectivity index (χ4v) is 4.15. The summed E-state index contributed by atoms with van der Waals surface area (Å²) >= 11 is 1.17. The number of nitrogens with zero attached hydrogens (tertiary/aromatic N) is 2. The molecule has 0 bridgehead atoms. The van der Waals surface area contributed by atoms with Gasteiger partial charge in [-0.3, -0.25) is 5.43 Å². The average molecular weight is 466 g/mol. The van der Waals surface area contributed by atoms with Crippen molar-refractivity contribution in [3.63, 3.8) is 0 Å². The van der Waals surface area contributed by atoms with Gasteiger partial charge in [-0.1, -0.05) is 11.3 Å². The Balaban J connectivity index is 1.86. The molecule has 2 heterocycles. The molecule has 170 valence electrons. The molecule has 0 unspecified atom stereocenters. The number of esters is 1. The molecule has 0 amide bonds. The van der Waals surface area contributed by atoms with Crippen molar-refractivity contribution in [3.8, 4) is 22.8 Å². The van der Waals surface area contributed by atoms with E-state index in [0.29, 0.717) is 38.2 Å². The smallest absolute Gasteiger partial charge is 0.350 e. The van der Waals surface area contributed by atoms with Gasteiger partial charge in [0, 0.05) is 17.0 Å². The van der Waals surface area contributed by atoms with Crippen LogP contribution in [0.15, 0.2) is 45.9 Å². The number of aromatic hydroxyl groups is 1. The molecule has 0 aliphatic carbocycles. The van der Waals surface area contributed by atoms with Crippen molar-refractivity contribution in [1.82, 2.24) is 4.98 Å². The van der Waals surface area contributed by atoms with Gasteiger partial charge < -0.3 is 19.0 Å². The van der Waals surface area contributed by atoms with E-state index in [1.807, 2.05) is 26.0 Å². The Morgan fingerprint density at radius 1 is 1.12 bits per heavy atom. The first-order valence-corrected chi connectivity index (χ1v) is 10.9. The summed E-state index contributed by atoms with van der Waals surface area (Å²) in [5, 5.41) is 16.4.